The molecule has 0 unspecified atom stereocenters. The van der Waals surface area contributed by atoms with E-state index in [1.54, 1.807) is 0 Å². The molecule has 0 saturated heterocycles. The van der Waals surface area contributed by atoms with E-state index in [2.05, 4.69) is 19.1 Å². The van der Waals surface area contributed by atoms with Crippen LogP contribution in [-0.2, 0) is 6.42 Å². The monoisotopic (exact) mass is 191 g/mol. The Morgan fingerprint density at radius 1 is 0.929 bits per heavy atom. The van der Waals surface area contributed by atoms with Gasteiger partial charge in [-0.15, -0.1) is 0 Å². The molecule has 2 N–H and O–H groups in total. The molecule has 1 heteroatoms. The third kappa shape index (κ3) is 4.31. The molecule has 0 atom stereocenters. The minimum absolute atomic E-state index is 0.861. The van der Waals surface area contributed by atoms with E-state index >= 15 is 0 Å². The molecule has 0 saturated carbocycles. The SMILES string of the molecule is CCCCCCCc1ccc(N)cc1. The third-order valence-electron chi connectivity index (χ3n) is 2.55. The van der Waals surface area contributed by atoms with Crippen molar-refractivity contribution in [2.75, 3.05) is 5.73 Å². The van der Waals surface area contributed by atoms with Gasteiger partial charge in [-0.2, -0.15) is 0 Å². The molecule has 78 valence electrons. The van der Waals surface area contributed by atoms with Crippen LogP contribution in [0.2, 0.25) is 0 Å². The van der Waals surface area contributed by atoms with Gasteiger partial charge in [-0.25, -0.2) is 0 Å². The summed E-state index contributed by atoms with van der Waals surface area (Å²) in [5.41, 5.74) is 7.89. The summed E-state index contributed by atoms with van der Waals surface area (Å²) >= 11 is 0. The molecule has 0 fully saturated rings. The molecule has 1 nitrogen and oxygen atoms in total. The maximum atomic E-state index is 5.62. The summed E-state index contributed by atoms with van der Waals surface area (Å²) < 4.78 is 0. The first kappa shape index (κ1) is 11.1. The predicted molar refractivity (Wildman–Crippen MR) is 63.3 cm³/mol. The van der Waals surface area contributed by atoms with Crippen molar-refractivity contribution in [2.45, 2.75) is 45.4 Å². The minimum atomic E-state index is 0.861. The van der Waals surface area contributed by atoms with Gasteiger partial charge in [0.2, 0.25) is 0 Å². The fraction of sp³-hybridized carbons (Fsp3) is 0.538. The zero-order valence-electron chi connectivity index (χ0n) is 9.13. The fourth-order valence-electron chi connectivity index (χ4n) is 1.62. The first-order valence-electron chi connectivity index (χ1n) is 5.67. The number of aryl methyl sites for hydroxylation is 1. The molecule has 0 bridgehead atoms. The van der Waals surface area contributed by atoms with Crippen molar-refractivity contribution in [1.29, 1.82) is 0 Å². The lowest BCUT2D eigenvalue weighted by molar-refractivity contribution is 0.632. The maximum absolute atomic E-state index is 5.62. The summed E-state index contributed by atoms with van der Waals surface area (Å²) in [6.45, 7) is 2.25. The Kier molecular flexibility index (Phi) is 5.13. The molecule has 1 aromatic rings. The van der Waals surface area contributed by atoms with Gasteiger partial charge in [-0.3, -0.25) is 0 Å². The number of nitrogens with two attached hydrogens (primary N) is 1. The Hall–Kier alpha value is -0.980. The van der Waals surface area contributed by atoms with Crippen molar-refractivity contribution < 1.29 is 0 Å². The average molecular weight is 191 g/mol. The lowest BCUT2D eigenvalue weighted by atomic mass is 10.1. The Bertz CT molecular complexity index is 238. The van der Waals surface area contributed by atoms with Crippen LogP contribution in [0.25, 0.3) is 0 Å². The molecule has 0 aromatic heterocycles. The second-order valence-electron chi connectivity index (χ2n) is 3.91. The molecule has 0 spiro atoms. The van der Waals surface area contributed by atoms with Gasteiger partial charge in [-0.1, -0.05) is 44.7 Å². The Balaban J connectivity index is 2.15. The summed E-state index contributed by atoms with van der Waals surface area (Å²) in [6, 6.07) is 8.24. The van der Waals surface area contributed by atoms with Gasteiger partial charge in [-0.05, 0) is 30.5 Å². The highest BCUT2D eigenvalue weighted by atomic mass is 14.5. The second kappa shape index (κ2) is 6.47. The van der Waals surface area contributed by atoms with Crippen LogP contribution in [0.1, 0.15) is 44.6 Å². The van der Waals surface area contributed by atoms with Crippen LogP contribution in [0, 0.1) is 0 Å². The van der Waals surface area contributed by atoms with E-state index in [0.717, 1.165) is 5.69 Å². The highest BCUT2D eigenvalue weighted by Gasteiger charge is 1.93. The number of unbranched alkanes of at least 4 members (excludes halogenated alkanes) is 4. The van der Waals surface area contributed by atoms with Crippen LogP contribution in [0.5, 0.6) is 0 Å². The van der Waals surface area contributed by atoms with E-state index in [4.69, 9.17) is 5.73 Å². The van der Waals surface area contributed by atoms with Crippen LogP contribution in [0.3, 0.4) is 0 Å². The second-order valence-corrected chi connectivity index (χ2v) is 3.91. The van der Waals surface area contributed by atoms with Crippen LogP contribution >= 0.6 is 0 Å². The topological polar surface area (TPSA) is 26.0 Å². The lowest BCUT2D eigenvalue weighted by Gasteiger charge is -2.01. The molecule has 0 aliphatic rings. The van der Waals surface area contributed by atoms with E-state index in [-0.39, 0.29) is 0 Å². The largest absolute Gasteiger partial charge is 0.399 e. The van der Waals surface area contributed by atoms with Crippen molar-refractivity contribution >= 4 is 5.69 Å². The fourth-order valence-corrected chi connectivity index (χ4v) is 1.62. The molecule has 0 amide bonds. The van der Waals surface area contributed by atoms with Gasteiger partial charge in [0.15, 0.2) is 0 Å². The molecule has 0 heterocycles. The van der Waals surface area contributed by atoms with Crippen LogP contribution in [0.4, 0.5) is 5.69 Å². The van der Waals surface area contributed by atoms with Crippen LogP contribution in [0.15, 0.2) is 24.3 Å². The molecule has 1 aromatic carbocycles. The van der Waals surface area contributed by atoms with Crippen molar-refractivity contribution in [3.63, 3.8) is 0 Å². The number of benzene rings is 1. The molecule has 14 heavy (non-hydrogen) atoms. The summed E-state index contributed by atoms with van der Waals surface area (Å²) in [5, 5.41) is 0. The summed E-state index contributed by atoms with van der Waals surface area (Å²) in [5.74, 6) is 0. The number of hydrogen-bond donors (Lipinski definition) is 1. The number of nitrogen functional groups attached to an aromatic ring is 1. The highest BCUT2D eigenvalue weighted by molar-refractivity contribution is 5.39. The van der Waals surface area contributed by atoms with Gasteiger partial charge in [0, 0.05) is 5.69 Å². The molecule has 0 radical (unpaired) electrons. The summed E-state index contributed by atoms with van der Waals surface area (Å²) in [6.07, 6.45) is 7.95. The highest BCUT2D eigenvalue weighted by Crippen LogP contribution is 2.10. The molecule has 0 aliphatic heterocycles. The molecular weight excluding hydrogens is 170 g/mol. The zero-order valence-corrected chi connectivity index (χ0v) is 9.13. The van der Waals surface area contributed by atoms with Crippen molar-refractivity contribution in [3.8, 4) is 0 Å². The standard InChI is InChI=1S/C13H21N/c1-2-3-4-5-6-7-12-8-10-13(14)11-9-12/h8-11H,2-7,14H2,1H3. The maximum Gasteiger partial charge on any atom is 0.0314 e. The van der Waals surface area contributed by atoms with E-state index in [0.29, 0.717) is 0 Å². The van der Waals surface area contributed by atoms with Gasteiger partial charge >= 0.3 is 0 Å². The summed E-state index contributed by atoms with van der Waals surface area (Å²) in [4.78, 5) is 0. The first-order valence-corrected chi connectivity index (χ1v) is 5.67. The van der Waals surface area contributed by atoms with Gasteiger partial charge in [0.1, 0.15) is 0 Å². The van der Waals surface area contributed by atoms with Gasteiger partial charge in [0.25, 0.3) is 0 Å². The van der Waals surface area contributed by atoms with E-state index < -0.39 is 0 Å². The zero-order chi connectivity index (χ0) is 10.2. The van der Waals surface area contributed by atoms with Crippen molar-refractivity contribution in [3.05, 3.63) is 29.8 Å². The summed E-state index contributed by atoms with van der Waals surface area (Å²) in [7, 11) is 0. The predicted octanol–water partition coefficient (Wildman–Crippen LogP) is 3.78. The number of hydrogen-bond acceptors (Lipinski definition) is 1. The Morgan fingerprint density at radius 3 is 2.21 bits per heavy atom. The third-order valence-corrected chi connectivity index (χ3v) is 2.55. The van der Waals surface area contributed by atoms with E-state index in [1.807, 2.05) is 12.1 Å². The van der Waals surface area contributed by atoms with E-state index in [1.165, 1.54) is 44.1 Å². The van der Waals surface area contributed by atoms with Gasteiger partial charge in [0.05, 0.1) is 0 Å². The minimum Gasteiger partial charge on any atom is -0.399 e. The number of rotatable bonds is 6. The Morgan fingerprint density at radius 2 is 1.57 bits per heavy atom. The molecule has 0 aliphatic carbocycles. The average Bonchev–Trinajstić information content (AvgIpc) is 2.21. The van der Waals surface area contributed by atoms with E-state index in [9.17, 15) is 0 Å². The normalized spacial score (nSPS) is 10.4. The number of anilines is 1. The Labute approximate surface area is 87.3 Å². The quantitative estimate of drug-likeness (QED) is 0.537. The lowest BCUT2D eigenvalue weighted by Crippen LogP contribution is -1.88. The van der Waals surface area contributed by atoms with Crippen LogP contribution < -0.4 is 5.73 Å². The smallest absolute Gasteiger partial charge is 0.0314 e. The first-order chi connectivity index (χ1) is 6.83. The van der Waals surface area contributed by atoms with Crippen molar-refractivity contribution in [2.24, 2.45) is 0 Å². The van der Waals surface area contributed by atoms with Crippen LogP contribution in [-0.4, -0.2) is 0 Å². The molecule has 1 rings (SSSR count). The van der Waals surface area contributed by atoms with Gasteiger partial charge < -0.3 is 5.73 Å². The van der Waals surface area contributed by atoms with Crippen molar-refractivity contribution in [1.82, 2.24) is 0 Å². The molecular formula is C13H21N.